The van der Waals surface area contributed by atoms with Gasteiger partial charge in [-0.25, -0.2) is 0 Å². The minimum Gasteiger partial charge on any atom is -0.352 e. The smallest absolute Gasteiger partial charge is 0.240 e. The molecule has 16 heavy (non-hydrogen) atoms. The van der Waals surface area contributed by atoms with Crippen LogP contribution in [0.15, 0.2) is 0 Å². The molecule has 0 bridgehead atoms. The molecule has 1 saturated carbocycles. The third kappa shape index (κ3) is 2.40. The van der Waals surface area contributed by atoms with Crippen LogP contribution in [-0.2, 0) is 4.79 Å². The molecule has 92 valence electrons. The summed E-state index contributed by atoms with van der Waals surface area (Å²) in [6.45, 7) is 3.16. The first kappa shape index (κ1) is 11.9. The van der Waals surface area contributed by atoms with Gasteiger partial charge in [-0.15, -0.1) is 0 Å². The van der Waals surface area contributed by atoms with Gasteiger partial charge in [-0.1, -0.05) is 26.2 Å². The molecule has 1 amide bonds. The van der Waals surface area contributed by atoms with E-state index in [0.717, 1.165) is 32.2 Å². The van der Waals surface area contributed by atoms with Crippen LogP contribution < -0.4 is 10.6 Å². The Balaban J connectivity index is 1.93. The SMILES string of the molecule is CCCC1(C(=O)NC2CCCC2)CCCN1. The van der Waals surface area contributed by atoms with E-state index in [-0.39, 0.29) is 11.4 Å². The molecule has 2 aliphatic rings. The summed E-state index contributed by atoms with van der Waals surface area (Å²) in [4.78, 5) is 12.3. The summed E-state index contributed by atoms with van der Waals surface area (Å²) in [6, 6.07) is 0.448. The standard InChI is InChI=1S/C13H24N2O/c1-2-8-13(9-5-10-14-13)12(16)15-11-6-3-4-7-11/h11,14H,2-10H2,1H3,(H,15,16). The lowest BCUT2D eigenvalue weighted by atomic mass is 9.90. The van der Waals surface area contributed by atoms with E-state index < -0.39 is 0 Å². The van der Waals surface area contributed by atoms with E-state index in [9.17, 15) is 4.79 Å². The topological polar surface area (TPSA) is 41.1 Å². The predicted molar refractivity (Wildman–Crippen MR) is 65.3 cm³/mol. The van der Waals surface area contributed by atoms with Crippen molar-refractivity contribution in [2.75, 3.05) is 6.54 Å². The number of amides is 1. The van der Waals surface area contributed by atoms with Crippen molar-refractivity contribution < 1.29 is 4.79 Å². The van der Waals surface area contributed by atoms with Crippen molar-refractivity contribution >= 4 is 5.91 Å². The van der Waals surface area contributed by atoms with Crippen LogP contribution in [0, 0.1) is 0 Å². The highest BCUT2D eigenvalue weighted by atomic mass is 16.2. The fourth-order valence-corrected chi connectivity index (χ4v) is 3.15. The molecule has 2 fully saturated rings. The fourth-order valence-electron chi connectivity index (χ4n) is 3.15. The molecular formula is C13H24N2O. The molecule has 0 radical (unpaired) electrons. The van der Waals surface area contributed by atoms with Gasteiger partial charge >= 0.3 is 0 Å². The molecule has 1 aliphatic heterocycles. The lowest BCUT2D eigenvalue weighted by molar-refractivity contribution is -0.128. The van der Waals surface area contributed by atoms with Crippen LogP contribution in [-0.4, -0.2) is 24.0 Å². The molecule has 2 N–H and O–H groups in total. The second-order valence-corrected chi connectivity index (χ2v) is 5.32. The van der Waals surface area contributed by atoms with E-state index in [1.807, 2.05) is 0 Å². The second-order valence-electron chi connectivity index (χ2n) is 5.32. The third-order valence-electron chi connectivity index (χ3n) is 4.05. The van der Waals surface area contributed by atoms with Gasteiger partial charge in [0.15, 0.2) is 0 Å². The molecule has 1 heterocycles. The first-order valence-electron chi connectivity index (χ1n) is 6.83. The van der Waals surface area contributed by atoms with Gasteiger partial charge in [-0.05, 0) is 38.6 Å². The quantitative estimate of drug-likeness (QED) is 0.766. The molecule has 0 aromatic rings. The normalized spacial score (nSPS) is 30.8. The highest BCUT2D eigenvalue weighted by Gasteiger charge is 2.40. The van der Waals surface area contributed by atoms with Gasteiger partial charge < -0.3 is 10.6 Å². The van der Waals surface area contributed by atoms with Gasteiger partial charge in [-0.3, -0.25) is 4.79 Å². The van der Waals surface area contributed by atoms with Crippen LogP contribution >= 0.6 is 0 Å². The second kappa shape index (κ2) is 5.17. The lowest BCUT2D eigenvalue weighted by Gasteiger charge is -2.29. The first-order chi connectivity index (χ1) is 7.77. The molecule has 1 atom stereocenters. The van der Waals surface area contributed by atoms with Crippen LogP contribution in [0.3, 0.4) is 0 Å². The Kier molecular flexibility index (Phi) is 3.85. The highest BCUT2D eigenvalue weighted by molar-refractivity contribution is 5.87. The fraction of sp³-hybridized carbons (Fsp3) is 0.923. The van der Waals surface area contributed by atoms with Gasteiger partial charge in [0.1, 0.15) is 0 Å². The van der Waals surface area contributed by atoms with Crippen molar-refractivity contribution in [1.82, 2.24) is 10.6 Å². The first-order valence-corrected chi connectivity index (χ1v) is 6.83. The number of hydrogen-bond acceptors (Lipinski definition) is 2. The minimum absolute atomic E-state index is 0.239. The largest absolute Gasteiger partial charge is 0.352 e. The molecule has 1 unspecified atom stereocenters. The number of nitrogens with one attached hydrogen (secondary N) is 2. The Morgan fingerprint density at radius 1 is 1.38 bits per heavy atom. The Bertz CT molecular complexity index is 240. The molecule has 2 rings (SSSR count). The van der Waals surface area contributed by atoms with E-state index in [4.69, 9.17) is 0 Å². The van der Waals surface area contributed by atoms with Crippen molar-refractivity contribution in [2.45, 2.75) is 69.9 Å². The van der Waals surface area contributed by atoms with E-state index in [2.05, 4.69) is 17.6 Å². The van der Waals surface area contributed by atoms with Crippen LogP contribution in [0.1, 0.15) is 58.3 Å². The minimum atomic E-state index is -0.239. The van der Waals surface area contributed by atoms with Crippen molar-refractivity contribution in [3.8, 4) is 0 Å². The van der Waals surface area contributed by atoms with E-state index in [0.29, 0.717) is 6.04 Å². The average Bonchev–Trinajstić information content (AvgIpc) is 2.89. The zero-order valence-corrected chi connectivity index (χ0v) is 10.3. The summed E-state index contributed by atoms with van der Waals surface area (Å²) in [5.74, 6) is 0.263. The van der Waals surface area contributed by atoms with Gasteiger partial charge in [0, 0.05) is 6.04 Å². The molecule has 1 saturated heterocycles. The maximum atomic E-state index is 12.3. The summed E-state index contributed by atoms with van der Waals surface area (Å²) in [7, 11) is 0. The summed E-state index contributed by atoms with van der Waals surface area (Å²) in [5.41, 5.74) is -0.239. The maximum absolute atomic E-state index is 12.3. The zero-order valence-electron chi connectivity index (χ0n) is 10.3. The van der Waals surface area contributed by atoms with Crippen molar-refractivity contribution in [1.29, 1.82) is 0 Å². The van der Waals surface area contributed by atoms with E-state index in [1.54, 1.807) is 0 Å². The highest BCUT2D eigenvalue weighted by Crippen LogP contribution is 2.26. The Labute approximate surface area is 98.4 Å². The summed E-state index contributed by atoms with van der Waals surface area (Å²) in [5, 5.41) is 6.68. The van der Waals surface area contributed by atoms with Gasteiger partial charge in [-0.2, -0.15) is 0 Å². The third-order valence-corrected chi connectivity index (χ3v) is 4.05. The van der Waals surface area contributed by atoms with E-state index in [1.165, 1.54) is 25.7 Å². The van der Waals surface area contributed by atoms with Gasteiger partial charge in [0.2, 0.25) is 5.91 Å². The Hall–Kier alpha value is -0.570. The van der Waals surface area contributed by atoms with Crippen LogP contribution in [0.5, 0.6) is 0 Å². The predicted octanol–water partition coefficient (Wildman–Crippen LogP) is 1.97. The summed E-state index contributed by atoms with van der Waals surface area (Å²) >= 11 is 0. The van der Waals surface area contributed by atoms with Crippen molar-refractivity contribution in [3.05, 3.63) is 0 Å². The van der Waals surface area contributed by atoms with Crippen LogP contribution in [0.2, 0.25) is 0 Å². The van der Waals surface area contributed by atoms with E-state index >= 15 is 0 Å². The summed E-state index contributed by atoms with van der Waals surface area (Å²) in [6.07, 6.45) is 9.11. The molecule has 0 spiro atoms. The van der Waals surface area contributed by atoms with Gasteiger partial charge in [0.25, 0.3) is 0 Å². The van der Waals surface area contributed by atoms with Crippen LogP contribution in [0.25, 0.3) is 0 Å². The Morgan fingerprint density at radius 2 is 2.12 bits per heavy atom. The molecule has 3 heteroatoms. The maximum Gasteiger partial charge on any atom is 0.240 e. The lowest BCUT2D eigenvalue weighted by Crippen LogP contribution is -2.55. The summed E-state index contributed by atoms with van der Waals surface area (Å²) < 4.78 is 0. The van der Waals surface area contributed by atoms with Gasteiger partial charge in [0.05, 0.1) is 5.54 Å². The molecule has 0 aromatic heterocycles. The van der Waals surface area contributed by atoms with Crippen molar-refractivity contribution in [2.24, 2.45) is 0 Å². The zero-order chi connectivity index (χ0) is 11.4. The molecule has 0 aromatic carbocycles. The number of hydrogen-bond donors (Lipinski definition) is 2. The molecule has 3 nitrogen and oxygen atoms in total. The number of carbonyl (C=O) groups is 1. The Morgan fingerprint density at radius 3 is 2.69 bits per heavy atom. The van der Waals surface area contributed by atoms with Crippen LogP contribution in [0.4, 0.5) is 0 Å². The van der Waals surface area contributed by atoms with Crippen molar-refractivity contribution in [3.63, 3.8) is 0 Å². The number of carbonyl (C=O) groups excluding carboxylic acids is 1. The molecule has 1 aliphatic carbocycles. The molecular weight excluding hydrogens is 200 g/mol. The average molecular weight is 224 g/mol. The monoisotopic (exact) mass is 224 g/mol. The number of rotatable bonds is 4.